The first-order chi connectivity index (χ1) is 8.43. The molecule has 2 fully saturated rings. The number of carbonyl (C=O) groups is 1. The molecule has 2 nitrogen and oxygen atoms in total. The second-order valence-corrected chi connectivity index (χ2v) is 9.12. The molecule has 1 aliphatic carbocycles. The van der Waals surface area contributed by atoms with Crippen LogP contribution in [0.1, 0.15) is 67.7 Å². The minimum Gasteiger partial charge on any atom is -0.356 e. The minimum absolute atomic E-state index is 0.109. The van der Waals surface area contributed by atoms with E-state index < -0.39 is 0 Å². The van der Waals surface area contributed by atoms with Crippen LogP contribution in [-0.4, -0.2) is 12.5 Å². The lowest BCUT2D eigenvalue weighted by Gasteiger charge is -2.38. The van der Waals surface area contributed by atoms with Gasteiger partial charge in [0.1, 0.15) is 0 Å². The van der Waals surface area contributed by atoms with Gasteiger partial charge in [0, 0.05) is 12.5 Å². The van der Waals surface area contributed by atoms with Crippen molar-refractivity contribution in [1.82, 2.24) is 5.32 Å². The van der Waals surface area contributed by atoms with E-state index in [9.17, 15) is 4.79 Å². The second-order valence-electron chi connectivity index (χ2n) is 9.12. The molecule has 0 bridgehead atoms. The first-order valence-corrected chi connectivity index (χ1v) is 7.71. The summed E-state index contributed by atoms with van der Waals surface area (Å²) in [5.74, 6) is 0.473. The monoisotopic (exact) mass is 265 g/mol. The van der Waals surface area contributed by atoms with Gasteiger partial charge in [0.2, 0.25) is 5.91 Å². The maximum absolute atomic E-state index is 12.0. The standard InChI is InChI=1S/C17H31NO/c1-14(2,3)17(7)11-16(17,6)10-15(4,5)12-8-9-18-13(12)19/h12H,8-11H2,1-7H3,(H,18,19). The van der Waals surface area contributed by atoms with Gasteiger partial charge in [-0.3, -0.25) is 4.79 Å². The Bertz CT molecular complexity index is 393. The van der Waals surface area contributed by atoms with Gasteiger partial charge in [0.15, 0.2) is 0 Å². The molecule has 0 radical (unpaired) electrons. The van der Waals surface area contributed by atoms with Crippen molar-refractivity contribution in [2.24, 2.45) is 27.6 Å². The molecular weight excluding hydrogens is 234 g/mol. The maximum atomic E-state index is 12.0. The van der Waals surface area contributed by atoms with E-state index in [-0.39, 0.29) is 17.2 Å². The highest BCUT2D eigenvalue weighted by atomic mass is 16.2. The molecule has 3 atom stereocenters. The van der Waals surface area contributed by atoms with Crippen molar-refractivity contribution in [3.63, 3.8) is 0 Å². The smallest absolute Gasteiger partial charge is 0.223 e. The molecule has 1 saturated heterocycles. The van der Waals surface area contributed by atoms with Crippen LogP contribution in [0.25, 0.3) is 0 Å². The van der Waals surface area contributed by atoms with Crippen LogP contribution < -0.4 is 5.32 Å². The Morgan fingerprint density at radius 3 is 2.16 bits per heavy atom. The van der Waals surface area contributed by atoms with Gasteiger partial charge in [-0.05, 0) is 40.9 Å². The Morgan fingerprint density at radius 2 is 1.79 bits per heavy atom. The molecule has 0 aromatic heterocycles. The van der Waals surface area contributed by atoms with Gasteiger partial charge < -0.3 is 5.32 Å². The molecule has 1 aliphatic heterocycles. The van der Waals surface area contributed by atoms with Gasteiger partial charge in [0.25, 0.3) is 0 Å². The summed E-state index contributed by atoms with van der Waals surface area (Å²) in [6.45, 7) is 17.4. The van der Waals surface area contributed by atoms with Crippen molar-refractivity contribution in [3.8, 4) is 0 Å². The fourth-order valence-electron chi connectivity index (χ4n) is 4.63. The summed E-state index contributed by atoms with van der Waals surface area (Å²) < 4.78 is 0. The van der Waals surface area contributed by atoms with Gasteiger partial charge in [-0.15, -0.1) is 0 Å². The van der Waals surface area contributed by atoms with Crippen molar-refractivity contribution in [2.45, 2.75) is 67.7 Å². The normalized spacial score (nSPS) is 39.3. The summed E-state index contributed by atoms with van der Waals surface area (Å²) in [4.78, 5) is 12.0. The first-order valence-electron chi connectivity index (χ1n) is 7.71. The zero-order valence-electron chi connectivity index (χ0n) is 13.8. The quantitative estimate of drug-likeness (QED) is 0.821. The SMILES string of the molecule is CC(C)(CC1(C)CC1(C)C(C)(C)C)C1CCNC1=O. The molecule has 2 aliphatic rings. The van der Waals surface area contributed by atoms with Crippen LogP contribution in [0.2, 0.25) is 0 Å². The summed E-state index contributed by atoms with van der Waals surface area (Å²) in [6, 6.07) is 0. The molecule has 2 heteroatoms. The van der Waals surface area contributed by atoms with Gasteiger partial charge in [0.05, 0.1) is 0 Å². The largest absolute Gasteiger partial charge is 0.356 e. The molecule has 1 saturated carbocycles. The molecule has 110 valence electrons. The van der Waals surface area contributed by atoms with Crippen LogP contribution in [0.5, 0.6) is 0 Å². The van der Waals surface area contributed by atoms with Crippen molar-refractivity contribution < 1.29 is 4.79 Å². The van der Waals surface area contributed by atoms with Crippen LogP contribution in [0.15, 0.2) is 0 Å². The third-order valence-corrected chi connectivity index (χ3v) is 6.44. The molecule has 1 amide bonds. The van der Waals surface area contributed by atoms with Crippen molar-refractivity contribution in [2.75, 3.05) is 6.54 Å². The van der Waals surface area contributed by atoms with Crippen LogP contribution in [0, 0.1) is 27.6 Å². The average Bonchev–Trinajstić information content (AvgIpc) is 2.55. The molecule has 3 unspecified atom stereocenters. The Hall–Kier alpha value is -0.530. The number of hydrogen-bond acceptors (Lipinski definition) is 1. The maximum Gasteiger partial charge on any atom is 0.223 e. The number of nitrogens with one attached hydrogen (secondary N) is 1. The lowest BCUT2D eigenvalue weighted by Crippen LogP contribution is -2.35. The van der Waals surface area contributed by atoms with E-state index in [4.69, 9.17) is 0 Å². The number of carbonyl (C=O) groups excluding carboxylic acids is 1. The van der Waals surface area contributed by atoms with Gasteiger partial charge >= 0.3 is 0 Å². The number of rotatable bonds is 3. The zero-order valence-corrected chi connectivity index (χ0v) is 13.8. The van der Waals surface area contributed by atoms with Crippen molar-refractivity contribution in [1.29, 1.82) is 0 Å². The van der Waals surface area contributed by atoms with Crippen LogP contribution in [-0.2, 0) is 4.79 Å². The summed E-state index contributed by atoms with van der Waals surface area (Å²) in [7, 11) is 0. The number of hydrogen-bond donors (Lipinski definition) is 1. The summed E-state index contributed by atoms with van der Waals surface area (Å²) in [6.07, 6.45) is 3.46. The molecular formula is C17H31NO. The Balaban J connectivity index is 2.12. The Morgan fingerprint density at radius 1 is 1.21 bits per heavy atom. The highest BCUT2D eigenvalue weighted by Gasteiger charge is 2.67. The third-order valence-electron chi connectivity index (χ3n) is 6.44. The molecule has 0 spiro atoms. The van der Waals surface area contributed by atoms with Crippen LogP contribution in [0.4, 0.5) is 0 Å². The molecule has 2 rings (SSSR count). The lowest BCUT2D eigenvalue weighted by molar-refractivity contribution is -0.126. The average molecular weight is 265 g/mol. The van der Waals surface area contributed by atoms with Crippen LogP contribution >= 0.6 is 0 Å². The summed E-state index contributed by atoms with van der Waals surface area (Å²) in [5.41, 5.74) is 1.25. The predicted octanol–water partition coefficient (Wildman–Crippen LogP) is 4.00. The first kappa shape index (κ1) is 14.9. The summed E-state index contributed by atoms with van der Waals surface area (Å²) in [5, 5.41) is 2.99. The van der Waals surface area contributed by atoms with E-state index in [1.807, 2.05) is 0 Å². The van der Waals surface area contributed by atoms with Crippen molar-refractivity contribution in [3.05, 3.63) is 0 Å². The van der Waals surface area contributed by atoms with Gasteiger partial charge in [-0.25, -0.2) is 0 Å². The zero-order chi connectivity index (χ0) is 14.7. The predicted molar refractivity (Wildman–Crippen MR) is 79.8 cm³/mol. The molecule has 1 heterocycles. The Kier molecular flexibility index (Phi) is 3.12. The Labute approximate surface area is 118 Å². The molecule has 0 aromatic rings. The third kappa shape index (κ3) is 2.21. The molecule has 0 aromatic carbocycles. The van der Waals surface area contributed by atoms with E-state index in [2.05, 4.69) is 53.8 Å². The fraction of sp³-hybridized carbons (Fsp3) is 0.941. The minimum atomic E-state index is 0.109. The van der Waals surface area contributed by atoms with E-state index >= 15 is 0 Å². The van der Waals surface area contributed by atoms with Crippen molar-refractivity contribution >= 4 is 5.91 Å². The van der Waals surface area contributed by atoms with E-state index in [1.54, 1.807) is 0 Å². The van der Waals surface area contributed by atoms with Crippen LogP contribution in [0.3, 0.4) is 0 Å². The lowest BCUT2D eigenvalue weighted by atomic mass is 9.66. The van der Waals surface area contributed by atoms with E-state index in [0.717, 1.165) is 19.4 Å². The summed E-state index contributed by atoms with van der Waals surface area (Å²) >= 11 is 0. The second kappa shape index (κ2) is 3.99. The molecule has 19 heavy (non-hydrogen) atoms. The highest BCUT2D eigenvalue weighted by molar-refractivity contribution is 5.81. The topological polar surface area (TPSA) is 29.1 Å². The fourth-order valence-corrected chi connectivity index (χ4v) is 4.63. The van der Waals surface area contributed by atoms with Gasteiger partial charge in [-0.1, -0.05) is 48.5 Å². The van der Waals surface area contributed by atoms with E-state index in [0.29, 0.717) is 16.2 Å². The number of amides is 1. The van der Waals surface area contributed by atoms with E-state index in [1.165, 1.54) is 6.42 Å². The highest BCUT2D eigenvalue weighted by Crippen LogP contribution is 2.75. The molecule has 1 N–H and O–H groups in total. The van der Waals surface area contributed by atoms with Gasteiger partial charge in [-0.2, -0.15) is 0 Å².